The zero-order chi connectivity index (χ0) is 21.1. The maximum atomic E-state index is 12.3. The van der Waals surface area contributed by atoms with Crippen molar-refractivity contribution < 1.29 is 19.4 Å². The minimum Gasteiger partial charge on any atom is -0.464 e. The zero-order valence-electron chi connectivity index (χ0n) is 17.3. The highest BCUT2D eigenvalue weighted by Gasteiger charge is 2.38. The number of esters is 1. The first-order chi connectivity index (χ1) is 14.5. The van der Waals surface area contributed by atoms with Crippen LogP contribution in [-0.4, -0.2) is 56.3 Å². The maximum Gasteiger partial charge on any atom is 0.354 e. The van der Waals surface area contributed by atoms with Crippen LogP contribution in [0.5, 0.6) is 0 Å². The molecule has 2 aromatic carbocycles. The molecule has 1 unspecified atom stereocenters. The fourth-order valence-corrected chi connectivity index (χ4v) is 3.83. The monoisotopic (exact) mass is 409 g/mol. The molecule has 1 saturated heterocycles. The van der Waals surface area contributed by atoms with E-state index in [0.29, 0.717) is 11.3 Å². The van der Waals surface area contributed by atoms with Crippen LogP contribution < -0.4 is 10.2 Å². The third-order valence-corrected chi connectivity index (χ3v) is 5.58. The predicted molar refractivity (Wildman–Crippen MR) is 115 cm³/mol. The number of fused-ring (bicyclic) bond motifs is 1. The van der Waals surface area contributed by atoms with E-state index in [0.717, 1.165) is 37.4 Å². The Hall–Kier alpha value is -2.87. The van der Waals surface area contributed by atoms with Gasteiger partial charge in [0.15, 0.2) is 0 Å². The molecule has 1 atom stereocenters. The van der Waals surface area contributed by atoms with Crippen LogP contribution in [0.4, 0.5) is 11.4 Å². The number of carbonyl (C=O) groups is 1. The number of rotatable bonds is 5. The largest absolute Gasteiger partial charge is 0.464 e. The van der Waals surface area contributed by atoms with Gasteiger partial charge in [-0.15, -0.1) is 0 Å². The lowest BCUT2D eigenvalue weighted by Gasteiger charge is -2.38. The summed E-state index contributed by atoms with van der Waals surface area (Å²) in [7, 11) is 3.42. The number of benzene rings is 2. The molecule has 0 aliphatic carbocycles. The Morgan fingerprint density at radius 1 is 1.10 bits per heavy atom. The van der Waals surface area contributed by atoms with Gasteiger partial charge in [0.2, 0.25) is 5.79 Å². The Morgan fingerprint density at radius 2 is 1.83 bits per heavy atom. The summed E-state index contributed by atoms with van der Waals surface area (Å²) < 4.78 is 10.9. The number of aliphatic hydroxyl groups is 1. The Morgan fingerprint density at radius 3 is 2.53 bits per heavy atom. The van der Waals surface area contributed by atoms with Crippen molar-refractivity contribution in [3.8, 4) is 0 Å². The average Bonchev–Trinajstić information content (AvgIpc) is 2.78. The summed E-state index contributed by atoms with van der Waals surface area (Å²) in [6.07, 6.45) is 1.39. The molecule has 1 fully saturated rings. The van der Waals surface area contributed by atoms with Crippen LogP contribution >= 0.6 is 0 Å². The second-order valence-electron chi connectivity index (χ2n) is 7.64. The SMILES string of the molecule is COC(=O)C1=CC(O)(OCc2ccccc2)c2cccc(N3CCN(C)CC3)c2N1. The number of likely N-dealkylation sites (N-methyl/N-ethyl adjacent to an activating group) is 1. The lowest BCUT2D eigenvalue weighted by molar-refractivity contribution is -0.184. The summed E-state index contributed by atoms with van der Waals surface area (Å²) in [4.78, 5) is 16.9. The molecule has 7 nitrogen and oxygen atoms in total. The minimum absolute atomic E-state index is 0.155. The molecule has 0 saturated carbocycles. The fourth-order valence-electron chi connectivity index (χ4n) is 3.83. The highest BCUT2D eigenvalue weighted by molar-refractivity contribution is 5.95. The number of para-hydroxylation sites is 1. The van der Waals surface area contributed by atoms with Crippen LogP contribution in [0.2, 0.25) is 0 Å². The summed E-state index contributed by atoms with van der Waals surface area (Å²) in [6, 6.07) is 15.3. The topological polar surface area (TPSA) is 74.3 Å². The first-order valence-corrected chi connectivity index (χ1v) is 10.1. The van der Waals surface area contributed by atoms with E-state index in [4.69, 9.17) is 9.47 Å². The molecule has 158 valence electrons. The maximum absolute atomic E-state index is 12.3. The summed E-state index contributed by atoms with van der Waals surface area (Å²) >= 11 is 0. The van der Waals surface area contributed by atoms with E-state index in [9.17, 15) is 9.90 Å². The molecule has 2 aliphatic rings. The Kier molecular flexibility index (Phi) is 5.76. The molecule has 2 aliphatic heterocycles. The predicted octanol–water partition coefficient (Wildman–Crippen LogP) is 2.28. The van der Waals surface area contributed by atoms with Gasteiger partial charge < -0.3 is 29.7 Å². The van der Waals surface area contributed by atoms with Crippen molar-refractivity contribution in [1.29, 1.82) is 0 Å². The summed E-state index contributed by atoms with van der Waals surface area (Å²) in [5.41, 5.74) is 3.25. The van der Waals surface area contributed by atoms with Gasteiger partial charge in [-0.25, -0.2) is 4.79 Å². The minimum atomic E-state index is -1.76. The Balaban J connectivity index is 1.71. The summed E-state index contributed by atoms with van der Waals surface area (Å²) in [5, 5.41) is 14.7. The van der Waals surface area contributed by atoms with Crippen molar-refractivity contribution in [3.05, 3.63) is 71.4 Å². The van der Waals surface area contributed by atoms with E-state index in [1.165, 1.54) is 13.2 Å². The molecule has 0 spiro atoms. The van der Waals surface area contributed by atoms with Crippen LogP contribution in [0.25, 0.3) is 0 Å². The van der Waals surface area contributed by atoms with Gasteiger partial charge >= 0.3 is 5.97 Å². The normalized spacial score (nSPS) is 21.4. The van der Waals surface area contributed by atoms with Gasteiger partial charge in [0.25, 0.3) is 0 Å². The summed E-state index contributed by atoms with van der Waals surface area (Å²) in [5.74, 6) is -2.32. The molecular formula is C23H27N3O4. The third kappa shape index (κ3) is 4.05. The number of ether oxygens (including phenoxy) is 2. The lowest BCUT2D eigenvalue weighted by Crippen LogP contribution is -2.45. The smallest absolute Gasteiger partial charge is 0.354 e. The van der Waals surface area contributed by atoms with Crippen LogP contribution in [0.15, 0.2) is 60.3 Å². The van der Waals surface area contributed by atoms with Crippen molar-refractivity contribution >= 4 is 17.3 Å². The second-order valence-corrected chi connectivity index (χ2v) is 7.64. The molecule has 4 rings (SSSR count). The standard InChI is InChI=1S/C23H27N3O4/c1-25-11-13-26(14-12-25)20-10-6-9-18-21(20)24-19(22(27)29-2)15-23(18,28)30-16-17-7-4-3-5-8-17/h3-10,15,24,28H,11-14,16H2,1-2H3. The molecule has 2 N–H and O–H groups in total. The van der Waals surface area contributed by atoms with E-state index in [1.807, 2.05) is 48.5 Å². The molecule has 2 heterocycles. The highest BCUT2D eigenvalue weighted by Crippen LogP contribution is 2.42. The van der Waals surface area contributed by atoms with Crippen LogP contribution in [0, 0.1) is 0 Å². The molecule has 0 radical (unpaired) electrons. The number of anilines is 2. The van der Waals surface area contributed by atoms with Crippen LogP contribution in [0.3, 0.4) is 0 Å². The van der Waals surface area contributed by atoms with Crippen LogP contribution in [0.1, 0.15) is 11.1 Å². The lowest BCUT2D eigenvalue weighted by atomic mass is 9.96. The Labute approximate surface area is 176 Å². The van der Waals surface area contributed by atoms with Gasteiger partial charge in [-0.2, -0.15) is 0 Å². The Bertz CT molecular complexity index is 939. The van der Waals surface area contributed by atoms with E-state index >= 15 is 0 Å². The molecular weight excluding hydrogens is 382 g/mol. The molecule has 2 aromatic rings. The molecule has 0 amide bonds. The first-order valence-electron chi connectivity index (χ1n) is 10.1. The molecule has 0 bridgehead atoms. The number of nitrogens with one attached hydrogen (secondary N) is 1. The van der Waals surface area contributed by atoms with Gasteiger partial charge in [-0.3, -0.25) is 0 Å². The van der Waals surface area contributed by atoms with E-state index < -0.39 is 11.8 Å². The quantitative estimate of drug-likeness (QED) is 0.580. The van der Waals surface area contributed by atoms with Gasteiger partial charge in [-0.1, -0.05) is 42.5 Å². The van der Waals surface area contributed by atoms with Gasteiger partial charge in [-0.05, 0) is 18.7 Å². The summed E-state index contributed by atoms with van der Waals surface area (Å²) in [6.45, 7) is 3.79. The van der Waals surface area contributed by atoms with Crippen molar-refractivity contribution in [2.75, 3.05) is 50.6 Å². The molecule has 7 heteroatoms. The zero-order valence-corrected chi connectivity index (χ0v) is 17.3. The molecule has 30 heavy (non-hydrogen) atoms. The van der Waals surface area contributed by atoms with Gasteiger partial charge in [0.1, 0.15) is 5.70 Å². The fraction of sp³-hybridized carbons (Fsp3) is 0.348. The first kappa shape index (κ1) is 20.4. The van der Waals surface area contributed by atoms with E-state index in [-0.39, 0.29) is 12.3 Å². The van der Waals surface area contributed by atoms with E-state index in [2.05, 4.69) is 22.2 Å². The van der Waals surface area contributed by atoms with Crippen molar-refractivity contribution in [3.63, 3.8) is 0 Å². The van der Waals surface area contributed by atoms with Crippen molar-refractivity contribution in [2.24, 2.45) is 0 Å². The van der Waals surface area contributed by atoms with Crippen molar-refractivity contribution in [2.45, 2.75) is 12.4 Å². The number of piperazine rings is 1. The van der Waals surface area contributed by atoms with Gasteiger partial charge in [0, 0.05) is 37.8 Å². The third-order valence-electron chi connectivity index (χ3n) is 5.58. The van der Waals surface area contributed by atoms with Crippen LogP contribution in [-0.2, 0) is 26.7 Å². The van der Waals surface area contributed by atoms with Gasteiger partial charge in [0.05, 0.1) is 25.1 Å². The highest BCUT2D eigenvalue weighted by atomic mass is 16.6. The second kappa shape index (κ2) is 8.47. The number of methoxy groups -OCH3 is 1. The number of carbonyl (C=O) groups excluding carboxylic acids is 1. The molecule has 0 aromatic heterocycles. The number of hydrogen-bond acceptors (Lipinski definition) is 7. The number of hydrogen-bond donors (Lipinski definition) is 2. The van der Waals surface area contributed by atoms with Crippen molar-refractivity contribution in [1.82, 2.24) is 4.90 Å². The van der Waals surface area contributed by atoms with E-state index in [1.54, 1.807) is 0 Å². The number of nitrogens with zero attached hydrogens (tertiary/aromatic N) is 2. The average molecular weight is 409 g/mol.